The molecule has 2 aromatic heterocycles. The van der Waals surface area contributed by atoms with Gasteiger partial charge in [-0.05, 0) is 37.0 Å². The van der Waals surface area contributed by atoms with Crippen LogP contribution in [0.5, 0.6) is 0 Å². The quantitative estimate of drug-likeness (QED) is 0.558. The lowest BCUT2D eigenvalue weighted by atomic mass is 9.94. The molecule has 35 heavy (non-hydrogen) atoms. The first-order chi connectivity index (χ1) is 16.8. The smallest absolute Gasteiger partial charge is 0.326 e. The van der Waals surface area contributed by atoms with Crippen molar-refractivity contribution in [2.24, 2.45) is 5.73 Å². The fourth-order valence-corrected chi connectivity index (χ4v) is 4.10. The van der Waals surface area contributed by atoms with Crippen LogP contribution in [0.15, 0.2) is 47.1 Å². The number of urea groups is 1. The van der Waals surface area contributed by atoms with E-state index in [2.05, 4.69) is 10.4 Å². The molecule has 4 rings (SSSR count). The molecule has 10 nitrogen and oxygen atoms in total. The average molecular weight is 479 g/mol. The second kappa shape index (κ2) is 10.1. The topological polar surface area (TPSA) is 127 Å². The van der Waals surface area contributed by atoms with Crippen LogP contribution in [-0.4, -0.2) is 58.1 Å². The lowest BCUT2D eigenvalue weighted by molar-refractivity contribution is -0.132. The second-order valence-electron chi connectivity index (χ2n) is 8.85. The molecular weight excluding hydrogens is 448 g/mol. The predicted octanol–water partition coefficient (Wildman–Crippen LogP) is 2.93. The van der Waals surface area contributed by atoms with Crippen LogP contribution >= 0.6 is 0 Å². The lowest BCUT2D eigenvalue weighted by Crippen LogP contribution is -2.48. The van der Waals surface area contributed by atoms with Gasteiger partial charge in [0.05, 0.1) is 17.2 Å². The Bertz CT molecular complexity index is 1230. The first-order valence-corrected chi connectivity index (χ1v) is 11.5. The predicted molar refractivity (Wildman–Crippen MR) is 130 cm³/mol. The summed E-state index contributed by atoms with van der Waals surface area (Å²) in [4.78, 5) is 41.5. The van der Waals surface area contributed by atoms with Gasteiger partial charge in [-0.2, -0.15) is 9.78 Å². The van der Waals surface area contributed by atoms with Gasteiger partial charge in [-0.25, -0.2) is 4.79 Å². The molecule has 184 valence electrons. The third-order valence-electron chi connectivity index (χ3n) is 6.04. The molecule has 1 aromatic carbocycles. The monoisotopic (exact) mass is 478 g/mol. The van der Waals surface area contributed by atoms with Gasteiger partial charge >= 0.3 is 6.03 Å². The van der Waals surface area contributed by atoms with Crippen LogP contribution in [0, 0.1) is 6.92 Å². The molecule has 1 fully saturated rings. The molecule has 0 spiro atoms. The van der Waals surface area contributed by atoms with Crippen molar-refractivity contribution in [1.29, 1.82) is 0 Å². The molecule has 1 unspecified atom stereocenters. The number of nitrogens with two attached hydrogens (primary N) is 1. The van der Waals surface area contributed by atoms with Crippen molar-refractivity contribution in [1.82, 2.24) is 19.6 Å². The largest absolute Gasteiger partial charge is 0.469 e. The summed E-state index contributed by atoms with van der Waals surface area (Å²) >= 11 is 0. The van der Waals surface area contributed by atoms with Crippen molar-refractivity contribution in [2.45, 2.75) is 38.8 Å². The molecule has 1 aliphatic rings. The Morgan fingerprint density at radius 2 is 1.91 bits per heavy atom. The number of hydrogen-bond acceptors (Lipinski definition) is 7. The SMILES string of the molecule is Cc1cc(C(=O)n2nc(C3CCCN(C(=O)N(C)C)C3=O)cc2NCc2ccc(CN)cc2)co1. The number of rotatable bonds is 6. The number of furan rings is 1. The third kappa shape index (κ3) is 5.12. The van der Waals surface area contributed by atoms with Crippen molar-refractivity contribution in [3.63, 3.8) is 0 Å². The average Bonchev–Trinajstić information content (AvgIpc) is 3.48. The van der Waals surface area contributed by atoms with Gasteiger partial charge in [-0.1, -0.05) is 24.3 Å². The number of benzene rings is 1. The number of piperidine rings is 1. The Kier molecular flexibility index (Phi) is 7.02. The van der Waals surface area contributed by atoms with Crippen molar-refractivity contribution in [3.05, 3.63) is 70.8 Å². The van der Waals surface area contributed by atoms with Crippen LogP contribution < -0.4 is 11.1 Å². The number of carbonyl (C=O) groups excluding carboxylic acids is 3. The highest BCUT2D eigenvalue weighted by molar-refractivity contribution is 5.99. The van der Waals surface area contributed by atoms with E-state index in [-0.39, 0.29) is 17.8 Å². The van der Waals surface area contributed by atoms with Crippen molar-refractivity contribution in [3.8, 4) is 0 Å². The number of nitrogens with zero attached hydrogens (tertiary/aromatic N) is 4. The zero-order valence-electron chi connectivity index (χ0n) is 20.2. The van der Waals surface area contributed by atoms with Crippen LogP contribution in [0.4, 0.5) is 10.6 Å². The fraction of sp³-hybridized carbons (Fsp3) is 0.360. The van der Waals surface area contributed by atoms with Crippen LogP contribution in [-0.2, 0) is 17.9 Å². The van der Waals surface area contributed by atoms with Crippen LogP contribution in [0.25, 0.3) is 0 Å². The van der Waals surface area contributed by atoms with Gasteiger partial charge in [0.15, 0.2) is 0 Å². The van der Waals surface area contributed by atoms with Crippen molar-refractivity contribution >= 4 is 23.7 Å². The Morgan fingerprint density at radius 3 is 2.54 bits per heavy atom. The number of amides is 3. The summed E-state index contributed by atoms with van der Waals surface area (Å²) in [7, 11) is 3.23. The molecule has 1 saturated heterocycles. The van der Waals surface area contributed by atoms with E-state index in [9.17, 15) is 14.4 Å². The van der Waals surface area contributed by atoms with Gasteiger partial charge in [0.25, 0.3) is 5.91 Å². The Morgan fingerprint density at radius 1 is 1.20 bits per heavy atom. The van der Waals surface area contributed by atoms with Crippen molar-refractivity contribution in [2.75, 3.05) is 26.0 Å². The van der Waals surface area contributed by atoms with E-state index in [1.165, 1.54) is 20.7 Å². The maximum Gasteiger partial charge on any atom is 0.326 e. The number of aromatic nitrogens is 2. The summed E-state index contributed by atoms with van der Waals surface area (Å²) in [5.74, 6) is -0.239. The Balaban J connectivity index is 1.64. The summed E-state index contributed by atoms with van der Waals surface area (Å²) < 4.78 is 6.56. The molecule has 1 atom stereocenters. The van der Waals surface area contributed by atoms with E-state index in [0.29, 0.717) is 55.3 Å². The third-order valence-corrected chi connectivity index (χ3v) is 6.04. The van der Waals surface area contributed by atoms with Gasteiger partial charge in [-0.3, -0.25) is 14.5 Å². The minimum Gasteiger partial charge on any atom is -0.469 e. The number of hydrogen-bond donors (Lipinski definition) is 2. The fourth-order valence-electron chi connectivity index (χ4n) is 4.10. The highest BCUT2D eigenvalue weighted by Gasteiger charge is 2.36. The van der Waals surface area contributed by atoms with E-state index in [1.807, 2.05) is 24.3 Å². The zero-order valence-corrected chi connectivity index (χ0v) is 20.2. The number of likely N-dealkylation sites (tertiary alicyclic amines) is 1. The van der Waals surface area contributed by atoms with E-state index in [0.717, 1.165) is 11.1 Å². The maximum absolute atomic E-state index is 13.2. The van der Waals surface area contributed by atoms with Gasteiger partial charge in [0.2, 0.25) is 5.91 Å². The first-order valence-electron chi connectivity index (χ1n) is 11.5. The standard InChI is InChI=1S/C25H30N6O4/c1-16-11-19(15-35-16)23(32)31-22(27-14-18-8-6-17(13-26)7-9-18)12-21(28-31)20-5-4-10-30(24(20)33)25(34)29(2)3/h6-9,11-12,15,20,27H,4-5,10,13-14,26H2,1-3H3. The summed E-state index contributed by atoms with van der Waals surface area (Å²) in [5, 5.41) is 7.79. The summed E-state index contributed by atoms with van der Waals surface area (Å²) in [5.41, 5.74) is 8.50. The highest BCUT2D eigenvalue weighted by atomic mass is 16.3. The van der Waals surface area contributed by atoms with Gasteiger partial charge < -0.3 is 20.4 Å². The van der Waals surface area contributed by atoms with E-state index in [4.69, 9.17) is 10.2 Å². The molecule has 10 heteroatoms. The van der Waals surface area contributed by atoms with Crippen LogP contribution in [0.3, 0.4) is 0 Å². The number of aryl methyl sites for hydroxylation is 1. The minimum atomic E-state index is -0.614. The van der Waals surface area contributed by atoms with E-state index >= 15 is 0 Å². The van der Waals surface area contributed by atoms with Crippen LogP contribution in [0.2, 0.25) is 0 Å². The van der Waals surface area contributed by atoms with Gasteiger partial charge in [0.1, 0.15) is 17.8 Å². The Hall–Kier alpha value is -3.92. The molecule has 0 aliphatic carbocycles. The molecule has 3 amide bonds. The molecule has 0 bridgehead atoms. The molecule has 3 N–H and O–H groups in total. The normalized spacial score (nSPS) is 15.8. The lowest BCUT2D eigenvalue weighted by Gasteiger charge is -2.31. The maximum atomic E-state index is 13.2. The minimum absolute atomic E-state index is 0.310. The first kappa shape index (κ1) is 24.2. The van der Waals surface area contributed by atoms with Gasteiger partial charge in [-0.15, -0.1) is 0 Å². The molecule has 0 saturated carbocycles. The zero-order chi connectivity index (χ0) is 25.1. The Labute approximate surface area is 203 Å². The number of imide groups is 1. The number of nitrogens with one attached hydrogen (secondary N) is 1. The molecule has 3 aromatic rings. The molecular formula is C25H30N6O4. The number of carbonyl (C=O) groups is 3. The van der Waals surface area contributed by atoms with E-state index < -0.39 is 5.92 Å². The van der Waals surface area contributed by atoms with Crippen LogP contribution in [0.1, 0.15) is 51.7 Å². The second-order valence-corrected chi connectivity index (χ2v) is 8.85. The number of anilines is 1. The molecule has 3 heterocycles. The van der Waals surface area contributed by atoms with Gasteiger partial charge in [0, 0.05) is 39.8 Å². The molecule has 1 aliphatic heterocycles. The summed E-state index contributed by atoms with van der Waals surface area (Å²) in [6.45, 7) is 3.03. The molecule has 0 radical (unpaired) electrons. The van der Waals surface area contributed by atoms with E-state index in [1.54, 1.807) is 33.2 Å². The van der Waals surface area contributed by atoms with Crippen molar-refractivity contribution < 1.29 is 18.8 Å². The summed E-state index contributed by atoms with van der Waals surface area (Å²) in [6.07, 6.45) is 2.59. The highest BCUT2D eigenvalue weighted by Crippen LogP contribution is 2.30. The summed E-state index contributed by atoms with van der Waals surface area (Å²) in [6, 6.07) is 10.8.